The van der Waals surface area contributed by atoms with E-state index in [-0.39, 0.29) is 24.0 Å². The van der Waals surface area contributed by atoms with Crippen molar-refractivity contribution in [2.75, 3.05) is 20.1 Å². The molecule has 8 heteroatoms. The van der Waals surface area contributed by atoms with Crippen LogP contribution in [0.25, 0.3) is 0 Å². The van der Waals surface area contributed by atoms with Crippen molar-refractivity contribution in [1.29, 1.82) is 0 Å². The smallest absolute Gasteiger partial charge is 0.191 e. The van der Waals surface area contributed by atoms with Crippen LogP contribution in [0, 0.1) is 25.5 Å². The molecule has 0 fully saturated rings. The highest BCUT2D eigenvalue weighted by atomic mass is 127. The third kappa shape index (κ3) is 6.50. The number of nitrogens with one attached hydrogen (secondary N) is 2. The fourth-order valence-corrected chi connectivity index (χ4v) is 3.15. The Morgan fingerprint density at radius 1 is 1.16 bits per heavy atom. The molecule has 25 heavy (non-hydrogen) atoms. The van der Waals surface area contributed by atoms with E-state index < -0.39 is 11.6 Å². The molecule has 138 valence electrons. The minimum Gasteiger partial charge on any atom is -0.356 e. The Morgan fingerprint density at radius 3 is 2.44 bits per heavy atom. The van der Waals surface area contributed by atoms with Gasteiger partial charge in [-0.1, -0.05) is 12.1 Å². The van der Waals surface area contributed by atoms with Gasteiger partial charge in [0.15, 0.2) is 17.6 Å². The molecule has 0 aliphatic heterocycles. The fourth-order valence-electron chi connectivity index (χ4n) is 2.21. The van der Waals surface area contributed by atoms with Gasteiger partial charge in [-0.15, -0.1) is 35.3 Å². The van der Waals surface area contributed by atoms with E-state index in [0.29, 0.717) is 31.0 Å². The van der Waals surface area contributed by atoms with Crippen molar-refractivity contribution >= 4 is 41.3 Å². The van der Waals surface area contributed by atoms with Crippen LogP contribution in [0.2, 0.25) is 0 Å². The fraction of sp³-hybridized carbons (Fsp3) is 0.412. The number of hydrogen-bond donors (Lipinski definition) is 2. The second-order valence-corrected chi connectivity index (χ2v) is 6.68. The largest absolute Gasteiger partial charge is 0.356 e. The highest BCUT2D eigenvalue weighted by Gasteiger charge is 2.08. The van der Waals surface area contributed by atoms with E-state index in [2.05, 4.69) is 27.5 Å². The summed E-state index contributed by atoms with van der Waals surface area (Å²) in [5.41, 5.74) is 1.43. The van der Waals surface area contributed by atoms with Gasteiger partial charge in [-0.05, 0) is 31.9 Å². The minimum atomic E-state index is -0.816. The van der Waals surface area contributed by atoms with Crippen LogP contribution in [0.4, 0.5) is 8.78 Å². The molecular weight excluding hydrogens is 457 g/mol. The summed E-state index contributed by atoms with van der Waals surface area (Å²) in [7, 11) is 1.68. The third-order valence-corrected chi connectivity index (χ3v) is 4.78. The summed E-state index contributed by atoms with van der Waals surface area (Å²) >= 11 is 1.70. The molecule has 0 saturated carbocycles. The van der Waals surface area contributed by atoms with E-state index >= 15 is 0 Å². The molecule has 2 aromatic rings. The quantitative estimate of drug-likeness (QED) is 0.378. The van der Waals surface area contributed by atoms with E-state index in [4.69, 9.17) is 0 Å². The summed E-state index contributed by atoms with van der Waals surface area (Å²) in [5, 5.41) is 7.39. The van der Waals surface area contributed by atoms with Gasteiger partial charge in [0.2, 0.25) is 0 Å². The average molecular weight is 480 g/mol. The number of hydrogen-bond acceptors (Lipinski definition) is 3. The normalized spacial score (nSPS) is 11.2. The molecule has 1 heterocycles. The Kier molecular flexibility index (Phi) is 9.26. The van der Waals surface area contributed by atoms with Crippen LogP contribution in [-0.2, 0) is 12.8 Å². The Morgan fingerprint density at radius 2 is 1.84 bits per heavy atom. The van der Waals surface area contributed by atoms with Crippen molar-refractivity contribution in [3.8, 4) is 0 Å². The number of thiazole rings is 1. The number of benzene rings is 1. The van der Waals surface area contributed by atoms with Crippen molar-refractivity contribution < 1.29 is 8.78 Å². The van der Waals surface area contributed by atoms with Gasteiger partial charge in [-0.2, -0.15) is 0 Å². The molecule has 0 atom stereocenters. The van der Waals surface area contributed by atoms with Gasteiger partial charge in [0.1, 0.15) is 0 Å². The van der Waals surface area contributed by atoms with Crippen LogP contribution in [-0.4, -0.2) is 31.1 Å². The zero-order chi connectivity index (χ0) is 17.5. The molecule has 0 spiro atoms. The molecule has 2 N–H and O–H groups in total. The topological polar surface area (TPSA) is 49.3 Å². The van der Waals surface area contributed by atoms with Crippen molar-refractivity contribution in [2.45, 2.75) is 26.7 Å². The number of aryl methyl sites for hydroxylation is 2. The van der Waals surface area contributed by atoms with Crippen LogP contribution in [0.1, 0.15) is 21.1 Å². The number of aromatic nitrogens is 1. The monoisotopic (exact) mass is 480 g/mol. The zero-order valence-electron chi connectivity index (χ0n) is 14.5. The standard InChI is InChI=1S/C17H22F2N4S.HI/c1-11-12(2)24-15(23-11)8-10-22-17(20-3)21-9-7-13-5-4-6-14(18)16(13)19;/h4-6H,7-10H2,1-3H3,(H2,20,21,22);1H. The van der Waals surface area contributed by atoms with Gasteiger partial charge in [-0.3, -0.25) is 4.99 Å². The summed E-state index contributed by atoms with van der Waals surface area (Å²) in [6.07, 6.45) is 1.20. The Balaban J connectivity index is 0.00000312. The molecule has 0 unspecified atom stereocenters. The average Bonchev–Trinajstić information content (AvgIpc) is 2.88. The third-order valence-electron chi connectivity index (χ3n) is 3.65. The van der Waals surface area contributed by atoms with Crippen LogP contribution in [0.3, 0.4) is 0 Å². The van der Waals surface area contributed by atoms with Gasteiger partial charge in [0.25, 0.3) is 0 Å². The lowest BCUT2D eigenvalue weighted by Gasteiger charge is -2.11. The summed E-state index contributed by atoms with van der Waals surface area (Å²) < 4.78 is 26.7. The second kappa shape index (κ2) is 10.6. The van der Waals surface area contributed by atoms with Crippen LogP contribution < -0.4 is 10.6 Å². The van der Waals surface area contributed by atoms with E-state index in [1.165, 1.54) is 10.9 Å². The van der Waals surface area contributed by atoms with Crippen LogP contribution >= 0.6 is 35.3 Å². The molecule has 0 amide bonds. The first-order valence-electron chi connectivity index (χ1n) is 7.81. The predicted octanol–water partition coefficient (Wildman–Crippen LogP) is 3.61. The highest BCUT2D eigenvalue weighted by molar-refractivity contribution is 14.0. The predicted molar refractivity (Wildman–Crippen MR) is 110 cm³/mol. The van der Waals surface area contributed by atoms with E-state index in [9.17, 15) is 8.78 Å². The molecule has 1 aromatic carbocycles. The van der Waals surface area contributed by atoms with Gasteiger partial charge < -0.3 is 10.6 Å². The van der Waals surface area contributed by atoms with Crippen molar-refractivity contribution in [1.82, 2.24) is 15.6 Å². The molecule has 1 aromatic heterocycles. The number of nitrogens with zero attached hydrogens (tertiary/aromatic N) is 2. The van der Waals surface area contributed by atoms with Crippen molar-refractivity contribution in [3.63, 3.8) is 0 Å². The van der Waals surface area contributed by atoms with Gasteiger partial charge in [0, 0.05) is 31.4 Å². The molecular formula is C17H23F2IN4S. The Hall–Kier alpha value is -1.29. The zero-order valence-corrected chi connectivity index (χ0v) is 17.7. The first-order valence-corrected chi connectivity index (χ1v) is 8.63. The lowest BCUT2D eigenvalue weighted by molar-refractivity contribution is 0.498. The van der Waals surface area contributed by atoms with Gasteiger partial charge >= 0.3 is 0 Å². The molecule has 0 aliphatic rings. The highest BCUT2D eigenvalue weighted by Crippen LogP contribution is 2.16. The molecule has 0 bridgehead atoms. The lowest BCUT2D eigenvalue weighted by atomic mass is 10.1. The maximum atomic E-state index is 13.6. The second-order valence-electron chi connectivity index (χ2n) is 5.39. The number of guanidine groups is 1. The molecule has 0 radical (unpaired) electrons. The number of halogens is 3. The maximum absolute atomic E-state index is 13.6. The molecule has 0 aliphatic carbocycles. The van der Waals surface area contributed by atoms with E-state index in [1.54, 1.807) is 24.5 Å². The van der Waals surface area contributed by atoms with Crippen LogP contribution in [0.15, 0.2) is 23.2 Å². The summed E-state index contributed by atoms with van der Waals surface area (Å²) in [5.74, 6) is -0.961. The maximum Gasteiger partial charge on any atom is 0.191 e. The number of rotatable bonds is 6. The minimum absolute atomic E-state index is 0. The van der Waals surface area contributed by atoms with Crippen molar-refractivity contribution in [3.05, 3.63) is 51.0 Å². The lowest BCUT2D eigenvalue weighted by Crippen LogP contribution is -2.39. The van der Waals surface area contributed by atoms with Crippen molar-refractivity contribution in [2.24, 2.45) is 4.99 Å². The van der Waals surface area contributed by atoms with Gasteiger partial charge in [0.05, 0.1) is 10.7 Å². The SMILES string of the molecule is CN=C(NCCc1nc(C)c(C)s1)NCCc1cccc(F)c1F.I. The summed E-state index contributed by atoms with van der Waals surface area (Å²) in [6.45, 7) is 5.25. The Bertz CT molecular complexity index is 699. The first kappa shape index (κ1) is 21.8. The van der Waals surface area contributed by atoms with Crippen LogP contribution in [0.5, 0.6) is 0 Å². The molecule has 0 saturated heterocycles. The molecule has 4 nitrogen and oxygen atoms in total. The van der Waals surface area contributed by atoms with E-state index in [1.807, 2.05) is 6.92 Å². The summed E-state index contributed by atoms with van der Waals surface area (Å²) in [6, 6.07) is 4.22. The molecule has 2 rings (SSSR count). The van der Waals surface area contributed by atoms with Gasteiger partial charge in [-0.25, -0.2) is 13.8 Å². The summed E-state index contributed by atoms with van der Waals surface area (Å²) in [4.78, 5) is 9.86. The van der Waals surface area contributed by atoms with E-state index in [0.717, 1.165) is 23.2 Å². The Labute approximate surface area is 168 Å². The number of aliphatic imine (C=N–C) groups is 1. The first-order chi connectivity index (χ1) is 11.5.